The standard InChI is InChI=1S/C62H40N4/c1-3-15-43(16-4-1)56-40-57(64-62(63-56)45-17-5-2-6-18-45)44-28-34-48(35-29-44)65-59-25-12-10-22-53(59)55-38-46(31-37-60(55)65)47-30-36-54-52-21-9-11-24-58(52)66(61(54)39-47)49-32-26-42(27-33-49)51-23-13-19-41-14-7-8-20-50(41)51/h1-40H. The zero-order chi connectivity index (χ0) is 43.6. The van der Waals surface area contributed by atoms with Gasteiger partial charge in [-0.1, -0.05) is 182 Å². The molecular weight excluding hydrogens is 801 g/mol. The summed E-state index contributed by atoms with van der Waals surface area (Å²) >= 11 is 0. The predicted octanol–water partition coefficient (Wildman–Crippen LogP) is 16.2. The Kier molecular flexibility index (Phi) is 8.81. The normalized spacial score (nSPS) is 11.6. The number of fused-ring (bicyclic) bond motifs is 7. The number of nitrogens with zero attached hydrogens (tertiary/aromatic N) is 4. The fraction of sp³-hybridized carbons (Fsp3) is 0. The van der Waals surface area contributed by atoms with Crippen LogP contribution < -0.4 is 0 Å². The smallest absolute Gasteiger partial charge is 0.160 e. The molecule has 0 spiro atoms. The molecule has 0 bridgehead atoms. The van der Waals surface area contributed by atoms with Crippen molar-refractivity contribution in [1.29, 1.82) is 0 Å². The predicted molar refractivity (Wildman–Crippen MR) is 275 cm³/mol. The van der Waals surface area contributed by atoms with Crippen molar-refractivity contribution < 1.29 is 0 Å². The van der Waals surface area contributed by atoms with Crippen molar-refractivity contribution in [3.63, 3.8) is 0 Å². The maximum atomic E-state index is 5.09. The number of para-hydroxylation sites is 2. The largest absolute Gasteiger partial charge is 0.309 e. The second-order valence-electron chi connectivity index (χ2n) is 17.0. The first kappa shape index (κ1) is 37.7. The van der Waals surface area contributed by atoms with Crippen LogP contribution in [0.25, 0.3) is 122 Å². The molecule has 0 N–H and O–H groups in total. The first-order valence-corrected chi connectivity index (χ1v) is 22.5. The van der Waals surface area contributed by atoms with E-state index in [1.807, 2.05) is 24.3 Å². The summed E-state index contributed by atoms with van der Waals surface area (Å²) < 4.78 is 4.80. The lowest BCUT2D eigenvalue weighted by Crippen LogP contribution is -1.97. The molecule has 3 heterocycles. The maximum absolute atomic E-state index is 5.09. The molecule has 4 nitrogen and oxygen atoms in total. The molecule has 0 amide bonds. The highest BCUT2D eigenvalue weighted by molar-refractivity contribution is 6.12. The summed E-state index contributed by atoms with van der Waals surface area (Å²) in [7, 11) is 0. The molecule has 0 aliphatic heterocycles. The Labute approximate surface area is 382 Å². The van der Waals surface area contributed by atoms with Gasteiger partial charge in [0.25, 0.3) is 0 Å². The van der Waals surface area contributed by atoms with Gasteiger partial charge in [0.15, 0.2) is 5.82 Å². The van der Waals surface area contributed by atoms with E-state index in [9.17, 15) is 0 Å². The van der Waals surface area contributed by atoms with E-state index in [2.05, 4.69) is 228 Å². The van der Waals surface area contributed by atoms with E-state index < -0.39 is 0 Å². The Morgan fingerprint density at radius 2 is 0.727 bits per heavy atom. The summed E-state index contributed by atoms with van der Waals surface area (Å²) in [6, 6.07) is 87.0. The van der Waals surface area contributed by atoms with E-state index in [-0.39, 0.29) is 0 Å². The highest BCUT2D eigenvalue weighted by Crippen LogP contribution is 2.39. The molecule has 0 atom stereocenters. The second-order valence-corrected chi connectivity index (χ2v) is 17.0. The van der Waals surface area contributed by atoms with Gasteiger partial charge in [-0.25, -0.2) is 9.97 Å². The van der Waals surface area contributed by atoms with Gasteiger partial charge in [0.1, 0.15) is 0 Å². The minimum absolute atomic E-state index is 0.709. The molecule has 0 fully saturated rings. The van der Waals surface area contributed by atoms with Crippen LogP contribution in [0.4, 0.5) is 0 Å². The average Bonchev–Trinajstić information content (AvgIpc) is 3.91. The van der Waals surface area contributed by atoms with Gasteiger partial charge in [0.05, 0.1) is 33.5 Å². The van der Waals surface area contributed by atoms with Crippen LogP contribution in [0.3, 0.4) is 0 Å². The molecule has 4 heteroatoms. The third-order valence-electron chi connectivity index (χ3n) is 13.2. The topological polar surface area (TPSA) is 35.6 Å². The monoisotopic (exact) mass is 840 g/mol. The Bertz CT molecular complexity index is 3890. The molecule has 0 saturated heterocycles. The quantitative estimate of drug-likeness (QED) is 0.160. The van der Waals surface area contributed by atoms with Crippen molar-refractivity contribution in [2.24, 2.45) is 0 Å². The van der Waals surface area contributed by atoms with Crippen molar-refractivity contribution >= 4 is 54.4 Å². The van der Waals surface area contributed by atoms with Crippen molar-refractivity contribution in [3.8, 4) is 67.5 Å². The number of hydrogen-bond acceptors (Lipinski definition) is 2. The van der Waals surface area contributed by atoms with Crippen LogP contribution in [-0.2, 0) is 0 Å². The van der Waals surface area contributed by atoms with Gasteiger partial charge in [-0.15, -0.1) is 0 Å². The van der Waals surface area contributed by atoms with Crippen molar-refractivity contribution in [2.45, 2.75) is 0 Å². The van der Waals surface area contributed by atoms with Crippen LogP contribution in [0, 0.1) is 0 Å². The van der Waals surface area contributed by atoms with Crippen LogP contribution in [0.5, 0.6) is 0 Å². The van der Waals surface area contributed by atoms with Crippen molar-refractivity contribution in [1.82, 2.24) is 19.1 Å². The van der Waals surface area contributed by atoms with E-state index in [1.54, 1.807) is 0 Å². The molecule has 3 aromatic heterocycles. The first-order chi connectivity index (χ1) is 32.7. The molecule has 0 aliphatic rings. The summed E-state index contributed by atoms with van der Waals surface area (Å²) in [6.07, 6.45) is 0. The summed E-state index contributed by atoms with van der Waals surface area (Å²) in [5.41, 5.74) is 16.6. The highest BCUT2D eigenvalue weighted by atomic mass is 15.0. The van der Waals surface area contributed by atoms with Crippen molar-refractivity contribution in [3.05, 3.63) is 243 Å². The number of benzene rings is 10. The van der Waals surface area contributed by atoms with Crippen molar-refractivity contribution in [2.75, 3.05) is 0 Å². The molecule has 308 valence electrons. The summed E-state index contributed by atoms with van der Waals surface area (Å²) in [4.78, 5) is 10.1. The average molecular weight is 841 g/mol. The van der Waals surface area contributed by atoms with Crippen LogP contribution in [0.1, 0.15) is 0 Å². The first-order valence-electron chi connectivity index (χ1n) is 22.5. The van der Waals surface area contributed by atoms with Gasteiger partial charge in [-0.2, -0.15) is 0 Å². The second kappa shape index (κ2) is 15.4. The fourth-order valence-corrected chi connectivity index (χ4v) is 9.98. The number of hydrogen-bond donors (Lipinski definition) is 0. The molecule has 10 aromatic carbocycles. The van der Waals surface area contributed by atoms with E-state index >= 15 is 0 Å². The zero-order valence-corrected chi connectivity index (χ0v) is 35.9. The molecule has 0 radical (unpaired) electrons. The highest BCUT2D eigenvalue weighted by Gasteiger charge is 2.18. The lowest BCUT2D eigenvalue weighted by Gasteiger charge is -2.12. The minimum atomic E-state index is 0.709. The third-order valence-corrected chi connectivity index (χ3v) is 13.2. The van der Waals surface area contributed by atoms with Gasteiger partial charge < -0.3 is 9.13 Å². The maximum Gasteiger partial charge on any atom is 0.160 e. The zero-order valence-electron chi connectivity index (χ0n) is 35.9. The van der Waals surface area contributed by atoms with Gasteiger partial charge in [-0.3, -0.25) is 0 Å². The van der Waals surface area contributed by atoms with Crippen LogP contribution >= 0.6 is 0 Å². The van der Waals surface area contributed by atoms with E-state index in [0.29, 0.717) is 5.82 Å². The van der Waals surface area contributed by atoms with Crippen LogP contribution in [0.2, 0.25) is 0 Å². The van der Waals surface area contributed by atoms with Gasteiger partial charge >= 0.3 is 0 Å². The van der Waals surface area contributed by atoms with E-state index in [4.69, 9.17) is 9.97 Å². The molecule has 0 saturated carbocycles. The van der Waals surface area contributed by atoms with Crippen LogP contribution in [-0.4, -0.2) is 19.1 Å². The summed E-state index contributed by atoms with van der Waals surface area (Å²) in [5.74, 6) is 0.709. The van der Waals surface area contributed by atoms with E-state index in [0.717, 1.165) is 45.0 Å². The molecular formula is C62H40N4. The van der Waals surface area contributed by atoms with Gasteiger partial charge in [0.2, 0.25) is 0 Å². The van der Waals surface area contributed by atoms with Crippen LogP contribution in [0.15, 0.2) is 243 Å². The molecule has 66 heavy (non-hydrogen) atoms. The van der Waals surface area contributed by atoms with Gasteiger partial charge in [-0.05, 0) is 93.7 Å². The Morgan fingerprint density at radius 3 is 1.42 bits per heavy atom. The molecule has 13 rings (SSSR count). The fourth-order valence-electron chi connectivity index (χ4n) is 9.98. The molecule has 0 unspecified atom stereocenters. The Hall–Kier alpha value is -8.86. The van der Waals surface area contributed by atoms with Gasteiger partial charge in [0, 0.05) is 49.6 Å². The summed E-state index contributed by atoms with van der Waals surface area (Å²) in [5, 5.41) is 7.43. The SMILES string of the molecule is c1ccc(-c2cc(-c3ccc(-n4c5ccccc5c5cc(-c6ccc7c8ccccc8n(-c8ccc(-c9cccc%10ccccc9%10)cc8)c7c6)ccc54)cc3)nc(-c3ccccc3)n2)cc1. The Balaban J connectivity index is 0.890. The molecule has 0 aliphatic carbocycles. The lowest BCUT2D eigenvalue weighted by molar-refractivity contribution is 1.17. The Morgan fingerprint density at radius 1 is 0.258 bits per heavy atom. The summed E-state index contributed by atoms with van der Waals surface area (Å²) in [6.45, 7) is 0. The lowest BCUT2D eigenvalue weighted by atomic mass is 9.98. The number of rotatable bonds is 7. The van der Waals surface area contributed by atoms with E-state index in [1.165, 1.54) is 71.1 Å². The third kappa shape index (κ3) is 6.30. The number of aromatic nitrogens is 4. The molecule has 13 aromatic rings. The minimum Gasteiger partial charge on any atom is -0.309 e.